The number of amides is 1. The minimum atomic E-state index is -1.03. The third-order valence-electron chi connectivity index (χ3n) is 5.82. The number of nitrogens with zero attached hydrogens (tertiary/aromatic N) is 2. The highest BCUT2D eigenvalue weighted by Crippen LogP contribution is 2.45. The number of hydrogen-bond acceptors (Lipinski definition) is 5. The van der Waals surface area contributed by atoms with Crippen LogP contribution < -0.4 is 0 Å². The SMILES string of the molecule is O=C(O)C1CSC(c2ccncc2)N1C(=O)OCC1c2ccccc2-c2ccccc21. The van der Waals surface area contributed by atoms with Crippen molar-refractivity contribution in [2.75, 3.05) is 12.4 Å². The molecule has 0 saturated carbocycles. The number of carbonyl (C=O) groups excluding carboxylic acids is 1. The van der Waals surface area contributed by atoms with Crippen LogP contribution in [0, 0.1) is 0 Å². The van der Waals surface area contributed by atoms with Crippen LogP contribution in [0.15, 0.2) is 73.1 Å². The van der Waals surface area contributed by atoms with Crippen molar-refractivity contribution in [1.29, 1.82) is 0 Å². The van der Waals surface area contributed by atoms with Crippen LogP contribution in [0.2, 0.25) is 0 Å². The van der Waals surface area contributed by atoms with Crippen molar-refractivity contribution in [1.82, 2.24) is 9.88 Å². The van der Waals surface area contributed by atoms with Gasteiger partial charge in [-0.05, 0) is 39.9 Å². The first-order valence-electron chi connectivity index (χ1n) is 10.0. The highest BCUT2D eigenvalue weighted by molar-refractivity contribution is 7.99. The molecule has 156 valence electrons. The minimum Gasteiger partial charge on any atom is -0.480 e. The Morgan fingerprint density at radius 1 is 1.00 bits per heavy atom. The van der Waals surface area contributed by atoms with Gasteiger partial charge >= 0.3 is 12.1 Å². The number of ether oxygens (including phenoxy) is 1. The van der Waals surface area contributed by atoms with Gasteiger partial charge in [-0.3, -0.25) is 9.88 Å². The molecule has 7 heteroatoms. The van der Waals surface area contributed by atoms with Crippen molar-refractivity contribution in [2.24, 2.45) is 0 Å². The molecule has 6 nitrogen and oxygen atoms in total. The van der Waals surface area contributed by atoms with E-state index in [1.807, 2.05) is 24.3 Å². The van der Waals surface area contributed by atoms with Crippen LogP contribution in [0.4, 0.5) is 4.79 Å². The zero-order chi connectivity index (χ0) is 21.4. The Balaban J connectivity index is 1.40. The fourth-order valence-corrected chi connectivity index (χ4v) is 5.78. The van der Waals surface area contributed by atoms with Crippen molar-refractivity contribution in [3.8, 4) is 11.1 Å². The lowest BCUT2D eigenvalue weighted by atomic mass is 9.98. The van der Waals surface area contributed by atoms with Gasteiger partial charge in [0, 0.05) is 24.1 Å². The molecule has 0 spiro atoms. The van der Waals surface area contributed by atoms with E-state index in [-0.39, 0.29) is 12.5 Å². The summed E-state index contributed by atoms with van der Waals surface area (Å²) in [5, 5.41) is 9.25. The van der Waals surface area contributed by atoms with Crippen LogP contribution in [-0.2, 0) is 9.53 Å². The van der Waals surface area contributed by atoms with Crippen LogP contribution in [0.3, 0.4) is 0 Å². The quantitative estimate of drug-likeness (QED) is 0.652. The molecule has 2 aromatic carbocycles. The van der Waals surface area contributed by atoms with Gasteiger partial charge in [0.25, 0.3) is 0 Å². The summed E-state index contributed by atoms with van der Waals surface area (Å²) >= 11 is 1.42. The van der Waals surface area contributed by atoms with Crippen LogP contribution in [0.25, 0.3) is 11.1 Å². The van der Waals surface area contributed by atoms with Crippen LogP contribution in [-0.4, -0.2) is 45.5 Å². The Morgan fingerprint density at radius 2 is 1.61 bits per heavy atom. The molecule has 5 rings (SSSR count). The van der Waals surface area contributed by atoms with Crippen LogP contribution in [0.5, 0.6) is 0 Å². The molecule has 2 unspecified atom stereocenters. The minimum absolute atomic E-state index is 0.0748. The molecule has 1 N–H and O–H groups in total. The highest BCUT2D eigenvalue weighted by atomic mass is 32.2. The van der Waals surface area contributed by atoms with E-state index in [2.05, 4.69) is 29.2 Å². The molecule has 1 aromatic heterocycles. The fourth-order valence-electron chi connectivity index (χ4n) is 4.37. The van der Waals surface area contributed by atoms with E-state index in [0.717, 1.165) is 27.8 Å². The molecule has 2 heterocycles. The number of benzene rings is 2. The predicted octanol–water partition coefficient (Wildman–Crippen LogP) is 4.53. The molecule has 2 atom stereocenters. The average Bonchev–Trinajstić information content (AvgIpc) is 3.38. The number of pyridine rings is 1. The summed E-state index contributed by atoms with van der Waals surface area (Å²) in [5.41, 5.74) is 5.36. The first kappa shape index (κ1) is 19.6. The maximum atomic E-state index is 13.1. The fraction of sp³-hybridized carbons (Fsp3) is 0.208. The van der Waals surface area contributed by atoms with Crippen molar-refractivity contribution in [3.63, 3.8) is 0 Å². The smallest absolute Gasteiger partial charge is 0.411 e. The zero-order valence-electron chi connectivity index (χ0n) is 16.5. The molecule has 3 aromatic rings. The molecular formula is C24H20N2O4S. The molecule has 1 aliphatic heterocycles. The second kappa shape index (κ2) is 8.07. The van der Waals surface area contributed by atoms with Gasteiger partial charge in [0.05, 0.1) is 0 Å². The number of aromatic nitrogens is 1. The lowest BCUT2D eigenvalue weighted by Crippen LogP contribution is -2.43. The van der Waals surface area contributed by atoms with Gasteiger partial charge in [-0.15, -0.1) is 11.8 Å². The number of rotatable bonds is 4. The van der Waals surface area contributed by atoms with Gasteiger partial charge in [-0.25, -0.2) is 9.59 Å². The maximum Gasteiger partial charge on any atom is 0.411 e. The Labute approximate surface area is 183 Å². The second-order valence-electron chi connectivity index (χ2n) is 7.53. The number of carboxylic acids is 1. The second-order valence-corrected chi connectivity index (χ2v) is 8.64. The van der Waals surface area contributed by atoms with Gasteiger partial charge in [0.15, 0.2) is 0 Å². The molecule has 1 aliphatic carbocycles. The molecule has 0 bridgehead atoms. The van der Waals surface area contributed by atoms with Crippen molar-refractivity contribution in [2.45, 2.75) is 17.3 Å². The number of hydrogen-bond donors (Lipinski definition) is 1. The molecule has 31 heavy (non-hydrogen) atoms. The van der Waals surface area contributed by atoms with Gasteiger partial charge in [-0.1, -0.05) is 48.5 Å². The zero-order valence-corrected chi connectivity index (χ0v) is 17.4. The standard InChI is InChI=1S/C24H20N2O4S/c27-23(28)21-14-31-22(15-9-11-25-12-10-15)26(21)24(29)30-13-20-18-7-3-1-5-16(18)17-6-2-4-8-19(17)20/h1-12,20-22H,13-14H2,(H,27,28). The summed E-state index contributed by atoms with van der Waals surface area (Å²) in [7, 11) is 0. The lowest BCUT2D eigenvalue weighted by Gasteiger charge is -2.27. The van der Waals surface area contributed by atoms with Gasteiger partial charge in [0.2, 0.25) is 0 Å². The number of thioether (sulfide) groups is 1. The monoisotopic (exact) mass is 432 g/mol. The summed E-state index contributed by atoms with van der Waals surface area (Å²) in [6.07, 6.45) is 2.67. The summed E-state index contributed by atoms with van der Waals surface area (Å²) in [6.45, 7) is 0.156. The number of carboxylic acid groups (broad SMARTS) is 1. The third kappa shape index (κ3) is 3.45. The van der Waals surface area contributed by atoms with E-state index in [0.29, 0.717) is 5.75 Å². The maximum absolute atomic E-state index is 13.1. The van der Waals surface area contributed by atoms with Crippen molar-refractivity contribution < 1.29 is 19.4 Å². The number of aliphatic carboxylic acids is 1. The average molecular weight is 433 g/mol. The molecule has 0 radical (unpaired) electrons. The molecule has 1 fully saturated rings. The topological polar surface area (TPSA) is 79.7 Å². The van der Waals surface area contributed by atoms with Crippen LogP contribution in [0.1, 0.15) is 28.0 Å². The molecule has 1 amide bonds. The normalized spacial score (nSPS) is 19.7. The van der Waals surface area contributed by atoms with E-state index in [1.165, 1.54) is 16.7 Å². The summed E-state index contributed by atoms with van der Waals surface area (Å²) in [4.78, 5) is 30.3. The van der Waals surface area contributed by atoms with E-state index in [9.17, 15) is 14.7 Å². The summed E-state index contributed by atoms with van der Waals surface area (Å²) in [6, 6.07) is 18.9. The number of fused-ring (bicyclic) bond motifs is 3. The van der Waals surface area contributed by atoms with Gasteiger partial charge < -0.3 is 9.84 Å². The van der Waals surface area contributed by atoms with E-state index in [4.69, 9.17) is 4.74 Å². The molecule has 2 aliphatic rings. The van der Waals surface area contributed by atoms with Crippen LogP contribution >= 0.6 is 11.8 Å². The first-order chi connectivity index (χ1) is 15.1. The van der Waals surface area contributed by atoms with Gasteiger partial charge in [0.1, 0.15) is 18.0 Å². The molecule has 1 saturated heterocycles. The van der Waals surface area contributed by atoms with E-state index in [1.54, 1.807) is 24.5 Å². The largest absolute Gasteiger partial charge is 0.480 e. The number of carbonyl (C=O) groups is 2. The first-order valence-corrected chi connectivity index (χ1v) is 11.1. The van der Waals surface area contributed by atoms with Crippen molar-refractivity contribution in [3.05, 3.63) is 89.7 Å². The Bertz CT molecular complexity index is 1090. The lowest BCUT2D eigenvalue weighted by molar-refractivity contribution is -0.141. The van der Waals surface area contributed by atoms with E-state index >= 15 is 0 Å². The predicted molar refractivity (Wildman–Crippen MR) is 118 cm³/mol. The van der Waals surface area contributed by atoms with Gasteiger partial charge in [-0.2, -0.15) is 0 Å². The molecular weight excluding hydrogens is 412 g/mol. The Kier molecular flexibility index (Phi) is 5.11. The third-order valence-corrected chi connectivity index (χ3v) is 7.15. The summed E-state index contributed by atoms with van der Waals surface area (Å²) in [5.74, 6) is -0.793. The highest BCUT2D eigenvalue weighted by Gasteiger charge is 2.44. The Hall–Kier alpha value is -3.32. The Morgan fingerprint density at radius 3 is 2.23 bits per heavy atom. The summed E-state index contributed by atoms with van der Waals surface area (Å²) < 4.78 is 5.75. The van der Waals surface area contributed by atoms with E-state index < -0.39 is 23.5 Å². The van der Waals surface area contributed by atoms with Crippen molar-refractivity contribution >= 4 is 23.8 Å².